The van der Waals surface area contributed by atoms with Gasteiger partial charge in [-0.05, 0) is 18.6 Å². The molecule has 1 fully saturated rings. The zero-order valence-electron chi connectivity index (χ0n) is 21.0. The Labute approximate surface area is 211 Å². The summed E-state index contributed by atoms with van der Waals surface area (Å²) < 4.78 is 17.4. The van der Waals surface area contributed by atoms with Crippen molar-refractivity contribution in [3.05, 3.63) is 58.0 Å². The Morgan fingerprint density at radius 3 is 2.35 bits per heavy atom. The molecule has 0 unspecified atom stereocenters. The first-order valence-corrected chi connectivity index (χ1v) is 11.9. The number of rotatable bonds is 8. The zero-order chi connectivity index (χ0) is 26.3. The number of aromatic amines is 2. The molecule has 0 saturated carbocycles. The second-order valence-corrected chi connectivity index (χ2v) is 8.68. The van der Waals surface area contributed by atoms with E-state index >= 15 is 0 Å². The lowest BCUT2D eigenvalue weighted by Crippen LogP contribution is -2.31. The van der Waals surface area contributed by atoms with E-state index < -0.39 is 23.3 Å². The molecule has 0 radical (unpaired) electrons. The lowest BCUT2D eigenvalue weighted by atomic mass is 9.96. The van der Waals surface area contributed by atoms with E-state index in [4.69, 9.17) is 14.2 Å². The number of para-hydroxylation sites is 2. The third kappa shape index (κ3) is 3.92. The fourth-order valence-electron chi connectivity index (χ4n) is 4.81. The van der Waals surface area contributed by atoms with Crippen molar-refractivity contribution in [3.8, 4) is 23.2 Å². The number of anilines is 1. The van der Waals surface area contributed by atoms with E-state index in [0.717, 1.165) is 16.8 Å². The number of nitrogens with zero attached hydrogens (tertiary/aromatic N) is 3. The standard InChI is InChI=1S/C26H27N5O6/c1-5-8-18-22(25(34)31(29-18)26-27-16-9-6-7-10-17(16)28-26)15-13-21(32)30(24(15)33)14-11-19(35-2)23(37-4)20(12-14)36-3/h6-7,9-12,15,29H,5,8,13H2,1-4H3,(H,27,28)/t15-/m1/s1. The van der Waals surface area contributed by atoms with Gasteiger partial charge in [-0.1, -0.05) is 25.5 Å². The molecule has 11 nitrogen and oxygen atoms in total. The third-order valence-corrected chi connectivity index (χ3v) is 6.50. The molecule has 2 aromatic heterocycles. The van der Waals surface area contributed by atoms with Gasteiger partial charge in [-0.3, -0.25) is 19.5 Å². The molecule has 2 aromatic carbocycles. The number of amides is 2. The fraction of sp³-hybridized carbons (Fsp3) is 0.308. The van der Waals surface area contributed by atoms with Gasteiger partial charge >= 0.3 is 0 Å². The van der Waals surface area contributed by atoms with E-state index in [1.165, 1.54) is 38.1 Å². The van der Waals surface area contributed by atoms with Gasteiger partial charge in [-0.25, -0.2) is 9.88 Å². The average Bonchev–Trinajstić information content (AvgIpc) is 3.55. The summed E-state index contributed by atoms with van der Waals surface area (Å²) in [6, 6.07) is 10.5. The minimum Gasteiger partial charge on any atom is -0.493 e. The summed E-state index contributed by atoms with van der Waals surface area (Å²) in [7, 11) is 4.38. The van der Waals surface area contributed by atoms with Crippen molar-refractivity contribution >= 4 is 28.5 Å². The quantitative estimate of drug-likeness (QED) is 0.352. The Morgan fingerprint density at radius 2 is 1.73 bits per heavy atom. The number of imide groups is 1. The molecule has 2 amide bonds. The monoisotopic (exact) mass is 505 g/mol. The summed E-state index contributed by atoms with van der Waals surface area (Å²) in [5, 5.41) is 3.12. The molecular weight excluding hydrogens is 478 g/mol. The van der Waals surface area contributed by atoms with Gasteiger partial charge in [0.25, 0.3) is 5.56 Å². The molecule has 1 aliphatic heterocycles. The van der Waals surface area contributed by atoms with Crippen LogP contribution in [0.15, 0.2) is 41.2 Å². The van der Waals surface area contributed by atoms with Gasteiger partial charge in [-0.15, -0.1) is 0 Å². The summed E-state index contributed by atoms with van der Waals surface area (Å²) in [6.45, 7) is 1.98. The predicted octanol–water partition coefficient (Wildman–Crippen LogP) is 3.07. The van der Waals surface area contributed by atoms with Crippen LogP contribution in [0.5, 0.6) is 17.2 Å². The van der Waals surface area contributed by atoms with Crippen molar-refractivity contribution in [1.82, 2.24) is 19.7 Å². The van der Waals surface area contributed by atoms with Crippen LogP contribution < -0.4 is 24.7 Å². The van der Waals surface area contributed by atoms with Crippen LogP contribution in [-0.2, 0) is 16.0 Å². The molecule has 1 saturated heterocycles. The Kier molecular flexibility index (Phi) is 6.20. The highest BCUT2D eigenvalue weighted by Crippen LogP contribution is 2.43. The van der Waals surface area contributed by atoms with Crippen LogP contribution in [0.4, 0.5) is 5.69 Å². The maximum absolute atomic E-state index is 13.7. The van der Waals surface area contributed by atoms with Crippen LogP contribution >= 0.6 is 0 Å². The first kappa shape index (κ1) is 24.2. The highest BCUT2D eigenvalue weighted by atomic mass is 16.5. The number of H-pyrrole nitrogens is 2. The van der Waals surface area contributed by atoms with Crippen LogP contribution in [0.25, 0.3) is 17.0 Å². The topological polar surface area (TPSA) is 132 Å². The number of fused-ring (bicyclic) bond motifs is 1. The number of carbonyl (C=O) groups excluding carboxylic acids is 2. The van der Waals surface area contributed by atoms with Crippen LogP contribution in [0, 0.1) is 0 Å². The molecule has 0 bridgehead atoms. The maximum Gasteiger partial charge on any atom is 0.278 e. The van der Waals surface area contributed by atoms with Crippen molar-refractivity contribution in [2.24, 2.45) is 0 Å². The third-order valence-electron chi connectivity index (χ3n) is 6.50. The predicted molar refractivity (Wildman–Crippen MR) is 136 cm³/mol. The van der Waals surface area contributed by atoms with Gasteiger partial charge in [-0.2, -0.15) is 4.68 Å². The highest BCUT2D eigenvalue weighted by molar-refractivity contribution is 6.23. The number of aromatic nitrogens is 4. The molecule has 1 aliphatic rings. The number of hydrogen-bond donors (Lipinski definition) is 2. The van der Waals surface area contributed by atoms with Crippen molar-refractivity contribution in [1.29, 1.82) is 0 Å². The minimum absolute atomic E-state index is 0.139. The van der Waals surface area contributed by atoms with E-state index in [2.05, 4.69) is 15.1 Å². The van der Waals surface area contributed by atoms with E-state index in [-0.39, 0.29) is 17.7 Å². The van der Waals surface area contributed by atoms with E-state index in [1.807, 2.05) is 31.2 Å². The van der Waals surface area contributed by atoms with Gasteiger partial charge < -0.3 is 19.2 Å². The smallest absolute Gasteiger partial charge is 0.278 e. The molecule has 0 spiro atoms. The summed E-state index contributed by atoms with van der Waals surface area (Å²) in [5.41, 5.74) is 2.22. The minimum atomic E-state index is -0.942. The molecular formula is C26H27N5O6. The van der Waals surface area contributed by atoms with Crippen molar-refractivity contribution < 1.29 is 23.8 Å². The van der Waals surface area contributed by atoms with Crippen LogP contribution in [0.1, 0.15) is 36.9 Å². The van der Waals surface area contributed by atoms with Gasteiger partial charge in [0.15, 0.2) is 11.5 Å². The molecule has 4 aromatic rings. The van der Waals surface area contributed by atoms with Gasteiger partial charge in [0.05, 0.1) is 49.5 Å². The van der Waals surface area contributed by atoms with Crippen molar-refractivity contribution in [3.63, 3.8) is 0 Å². The second-order valence-electron chi connectivity index (χ2n) is 8.68. The molecule has 37 heavy (non-hydrogen) atoms. The molecule has 0 aliphatic carbocycles. The van der Waals surface area contributed by atoms with Gasteiger partial charge in [0, 0.05) is 24.2 Å². The van der Waals surface area contributed by atoms with Gasteiger partial charge in [0.1, 0.15) is 0 Å². The molecule has 11 heteroatoms. The summed E-state index contributed by atoms with van der Waals surface area (Å²) in [4.78, 5) is 49.2. The van der Waals surface area contributed by atoms with Crippen LogP contribution in [0.3, 0.4) is 0 Å². The number of imidazole rings is 1. The summed E-state index contributed by atoms with van der Waals surface area (Å²) >= 11 is 0. The number of methoxy groups -OCH3 is 3. The Balaban J connectivity index is 1.58. The Hall–Kier alpha value is -4.54. The molecule has 2 N–H and O–H groups in total. The lowest BCUT2D eigenvalue weighted by Gasteiger charge is -2.19. The summed E-state index contributed by atoms with van der Waals surface area (Å²) in [6.07, 6.45) is 1.12. The van der Waals surface area contributed by atoms with Gasteiger partial charge in [0.2, 0.25) is 23.5 Å². The number of nitrogens with one attached hydrogen (secondary N) is 2. The Morgan fingerprint density at radius 1 is 1.03 bits per heavy atom. The van der Waals surface area contributed by atoms with E-state index in [0.29, 0.717) is 40.8 Å². The molecule has 5 rings (SSSR count). The molecule has 3 heterocycles. The SMILES string of the molecule is CCCc1[nH]n(-c2nc3ccccc3[nH]2)c(=O)c1[C@H]1CC(=O)N(c2cc(OC)c(OC)c(OC)c2)C1=O. The van der Waals surface area contributed by atoms with E-state index in [9.17, 15) is 14.4 Å². The number of hydrogen-bond acceptors (Lipinski definition) is 7. The maximum atomic E-state index is 13.7. The van der Waals surface area contributed by atoms with Crippen LogP contribution in [-0.4, -0.2) is 52.9 Å². The fourth-order valence-corrected chi connectivity index (χ4v) is 4.81. The lowest BCUT2D eigenvalue weighted by molar-refractivity contribution is -0.121. The summed E-state index contributed by atoms with van der Waals surface area (Å²) in [5.74, 6) is -0.598. The molecule has 192 valence electrons. The van der Waals surface area contributed by atoms with Crippen LogP contribution in [0.2, 0.25) is 0 Å². The highest BCUT2D eigenvalue weighted by Gasteiger charge is 2.44. The number of benzene rings is 2. The molecule has 1 atom stereocenters. The Bertz CT molecular complexity index is 1510. The van der Waals surface area contributed by atoms with E-state index in [1.54, 1.807) is 0 Å². The second kappa shape index (κ2) is 9.49. The zero-order valence-corrected chi connectivity index (χ0v) is 21.0. The first-order valence-electron chi connectivity index (χ1n) is 11.9. The normalized spacial score (nSPS) is 15.6. The number of aryl methyl sites for hydroxylation is 1. The average molecular weight is 506 g/mol. The number of carbonyl (C=O) groups is 2. The largest absolute Gasteiger partial charge is 0.493 e. The first-order chi connectivity index (χ1) is 17.9. The van der Waals surface area contributed by atoms with Crippen molar-refractivity contribution in [2.75, 3.05) is 26.2 Å². The van der Waals surface area contributed by atoms with Crippen molar-refractivity contribution in [2.45, 2.75) is 32.1 Å². The number of ether oxygens (including phenoxy) is 3.